The Morgan fingerprint density at radius 3 is 3.06 bits per heavy atom. The number of hydrogen-bond acceptors (Lipinski definition) is 5. The molecule has 2 rings (SSSR count). The Kier molecular flexibility index (Phi) is 3.41. The number of pyridine rings is 1. The van der Waals surface area contributed by atoms with Crippen LogP contribution in [0.1, 0.15) is 12.0 Å². The lowest BCUT2D eigenvalue weighted by Gasteiger charge is -2.09. The lowest BCUT2D eigenvalue weighted by molar-refractivity contribution is 0.567. The van der Waals surface area contributed by atoms with Gasteiger partial charge in [0.2, 0.25) is 0 Å². The Bertz CT molecular complexity index is 542. The van der Waals surface area contributed by atoms with Gasteiger partial charge in [0.05, 0.1) is 11.3 Å². The third-order valence-corrected chi connectivity index (χ3v) is 4.63. The zero-order valence-electron chi connectivity index (χ0n) is 9.26. The summed E-state index contributed by atoms with van der Waals surface area (Å²) < 4.78 is 24.3. The molecule has 0 bridgehead atoms. The van der Waals surface area contributed by atoms with Gasteiger partial charge in [0, 0.05) is 6.20 Å². The second kappa shape index (κ2) is 4.82. The number of rotatable bonds is 3. The highest BCUT2D eigenvalue weighted by atomic mass is 32.2. The van der Waals surface area contributed by atoms with Crippen molar-refractivity contribution < 1.29 is 8.42 Å². The van der Waals surface area contributed by atoms with Crippen LogP contribution in [0.25, 0.3) is 0 Å². The minimum atomic E-state index is -3.46. The van der Waals surface area contributed by atoms with E-state index < -0.39 is 9.84 Å². The van der Waals surface area contributed by atoms with Crippen molar-refractivity contribution >= 4 is 9.84 Å². The maximum Gasteiger partial charge on any atom is 0.197 e. The minimum Gasteiger partial charge on any atom is -0.316 e. The first-order valence-electron chi connectivity index (χ1n) is 5.42. The summed E-state index contributed by atoms with van der Waals surface area (Å²) in [6, 6.07) is 4.91. The largest absolute Gasteiger partial charge is 0.316 e. The van der Waals surface area contributed by atoms with Crippen LogP contribution in [0, 0.1) is 17.2 Å². The Labute approximate surface area is 100 Å². The van der Waals surface area contributed by atoms with Crippen molar-refractivity contribution in [3.05, 3.63) is 23.9 Å². The van der Waals surface area contributed by atoms with Gasteiger partial charge >= 0.3 is 0 Å². The third-order valence-electron chi connectivity index (χ3n) is 2.80. The Morgan fingerprint density at radius 2 is 2.41 bits per heavy atom. The molecule has 0 aromatic carbocycles. The number of nitrogens with one attached hydrogen (secondary N) is 1. The second-order valence-corrected chi connectivity index (χ2v) is 6.06. The minimum absolute atomic E-state index is 0.0612. The molecule has 2 heterocycles. The third kappa shape index (κ3) is 2.62. The van der Waals surface area contributed by atoms with E-state index in [0.29, 0.717) is 6.54 Å². The van der Waals surface area contributed by atoms with E-state index >= 15 is 0 Å². The molecule has 1 N–H and O–H groups in total. The van der Waals surface area contributed by atoms with Crippen molar-refractivity contribution in [1.29, 1.82) is 5.26 Å². The molecular formula is C11H13N3O2S. The van der Waals surface area contributed by atoms with Crippen molar-refractivity contribution in [2.45, 2.75) is 11.4 Å². The summed E-state index contributed by atoms with van der Waals surface area (Å²) in [5.74, 6) is 0.180. The monoisotopic (exact) mass is 251 g/mol. The van der Waals surface area contributed by atoms with E-state index in [9.17, 15) is 8.42 Å². The molecule has 1 saturated heterocycles. The lowest BCUT2D eigenvalue weighted by atomic mass is 10.2. The van der Waals surface area contributed by atoms with Crippen LogP contribution < -0.4 is 5.32 Å². The molecule has 90 valence electrons. The van der Waals surface area contributed by atoms with Gasteiger partial charge in [-0.15, -0.1) is 0 Å². The molecule has 0 amide bonds. The summed E-state index contributed by atoms with van der Waals surface area (Å²) in [4.78, 5) is 3.83. The first-order chi connectivity index (χ1) is 8.13. The molecule has 17 heavy (non-hydrogen) atoms. The van der Waals surface area contributed by atoms with Crippen LogP contribution in [-0.2, 0) is 9.84 Å². The molecule has 1 atom stereocenters. The van der Waals surface area contributed by atoms with E-state index in [4.69, 9.17) is 5.26 Å². The van der Waals surface area contributed by atoms with E-state index in [1.54, 1.807) is 6.07 Å². The van der Waals surface area contributed by atoms with Crippen LogP contribution in [0.3, 0.4) is 0 Å². The van der Waals surface area contributed by atoms with Gasteiger partial charge in [-0.05, 0) is 37.6 Å². The topological polar surface area (TPSA) is 82.8 Å². The summed E-state index contributed by atoms with van der Waals surface area (Å²) in [5, 5.41) is 11.9. The molecule has 5 nitrogen and oxygen atoms in total. The van der Waals surface area contributed by atoms with Crippen LogP contribution in [0.5, 0.6) is 0 Å². The van der Waals surface area contributed by atoms with Crippen LogP contribution in [0.4, 0.5) is 0 Å². The first-order valence-corrected chi connectivity index (χ1v) is 7.07. The smallest absolute Gasteiger partial charge is 0.197 e. The lowest BCUT2D eigenvalue weighted by Crippen LogP contribution is -2.20. The highest BCUT2D eigenvalue weighted by molar-refractivity contribution is 7.91. The van der Waals surface area contributed by atoms with Crippen molar-refractivity contribution in [1.82, 2.24) is 10.3 Å². The number of nitriles is 1. The van der Waals surface area contributed by atoms with Crippen LogP contribution in [0.15, 0.2) is 23.4 Å². The quantitative estimate of drug-likeness (QED) is 0.837. The van der Waals surface area contributed by atoms with Crippen molar-refractivity contribution in [3.8, 4) is 6.07 Å². The molecule has 1 fully saturated rings. The predicted octanol–water partition coefficient (Wildman–Crippen LogP) is 0.336. The summed E-state index contributed by atoms with van der Waals surface area (Å²) in [6.45, 7) is 1.57. The van der Waals surface area contributed by atoms with Crippen molar-refractivity contribution in [3.63, 3.8) is 0 Å². The fourth-order valence-corrected chi connectivity index (χ4v) is 3.70. The van der Waals surface area contributed by atoms with E-state index in [2.05, 4.69) is 10.3 Å². The number of hydrogen-bond donors (Lipinski definition) is 1. The second-order valence-electron chi connectivity index (χ2n) is 4.11. The molecule has 1 aliphatic heterocycles. The standard InChI is InChI=1S/C11H13N3O2S/c12-6-10-2-1-4-14-11(10)17(15,16)8-9-3-5-13-7-9/h1-2,4,9,13H,3,5,7-8H2/t9-/m1/s1. The fraction of sp³-hybridized carbons (Fsp3) is 0.455. The van der Waals surface area contributed by atoms with Gasteiger partial charge in [-0.25, -0.2) is 13.4 Å². The Balaban J connectivity index is 2.28. The summed E-state index contributed by atoms with van der Waals surface area (Å²) in [5.41, 5.74) is 0.124. The van der Waals surface area contributed by atoms with E-state index in [1.807, 2.05) is 6.07 Å². The molecular weight excluding hydrogens is 238 g/mol. The fourth-order valence-electron chi connectivity index (χ4n) is 1.97. The van der Waals surface area contributed by atoms with Crippen LogP contribution in [-0.4, -0.2) is 32.2 Å². The summed E-state index contributed by atoms with van der Waals surface area (Å²) in [6.07, 6.45) is 2.26. The van der Waals surface area contributed by atoms with Gasteiger partial charge in [-0.3, -0.25) is 0 Å². The van der Waals surface area contributed by atoms with Gasteiger partial charge in [-0.1, -0.05) is 0 Å². The molecule has 0 radical (unpaired) electrons. The molecule has 0 unspecified atom stereocenters. The highest BCUT2D eigenvalue weighted by Crippen LogP contribution is 2.18. The van der Waals surface area contributed by atoms with Gasteiger partial charge in [0.1, 0.15) is 6.07 Å². The predicted molar refractivity (Wildman–Crippen MR) is 62.0 cm³/mol. The maximum atomic E-state index is 12.1. The Morgan fingerprint density at radius 1 is 1.59 bits per heavy atom. The van der Waals surface area contributed by atoms with Gasteiger partial charge in [0.25, 0.3) is 0 Å². The molecule has 0 aliphatic carbocycles. The van der Waals surface area contributed by atoms with Crippen LogP contribution in [0.2, 0.25) is 0 Å². The van der Waals surface area contributed by atoms with E-state index in [1.165, 1.54) is 12.3 Å². The Hall–Kier alpha value is -1.45. The van der Waals surface area contributed by atoms with Crippen LogP contribution >= 0.6 is 0 Å². The van der Waals surface area contributed by atoms with E-state index in [0.717, 1.165) is 13.0 Å². The molecule has 6 heteroatoms. The average Bonchev–Trinajstić information content (AvgIpc) is 2.81. The molecule has 0 spiro atoms. The van der Waals surface area contributed by atoms with Gasteiger partial charge in [0.15, 0.2) is 14.9 Å². The molecule has 0 saturated carbocycles. The summed E-state index contributed by atoms with van der Waals surface area (Å²) in [7, 11) is -3.46. The van der Waals surface area contributed by atoms with Crippen molar-refractivity contribution in [2.24, 2.45) is 5.92 Å². The molecule has 1 aromatic heterocycles. The zero-order chi connectivity index (χ0) is 12.3. The molecule has 1 aromatic rings. The number of aromatic nitrogens is 1. The van der Waals surface area contributed by atoms with E-state index in [-0.39, 0.29) is 22.3 Å². The van der Waals surface area contributed by atoms with Gasteiger partial charge in [-0.2, -0.15) is 5.26 Å². The average molecular weight is 251 g/mol. The van der Waals surface area contributed by atoms with Gasteiger partial charge < -0.3 is 5.32 Å². The number of sulfone groups is 1. The first kappa shape index (κ1) is 12.0. The molecule has 1 aliphatic rings. The van der Waals surface area contributed by atoms with Crippen molar-refractivity contribution in [2.75, 3.05) is 18.8 Å². The number of nitrogens with zero attached hydrogens (tertiary/aromatic N) is 2. The normalized spacial score (nSPS) is 20.1. The SMILES string of the molecule is N#Cc1cccnc1S(=O)(=O)C[C@@H]1CCNC1. The highest BCUT2D eigenvalue weighted by Gasteiger charge is 2.26. The summed E-state index contributed by atoms with van der Waals surface area (Å²) >= 11 is 0. The maximum absolute atomic E-state index is 12.1. The zero-order valence-corrected chi connectivity index (χ0v) is 10.1.